The number of thiophene rings is 1. The van der Waals surface area contributed by atoms with Crippen molar-refractivity contribution in [3.63, 3.8) is 0 Å². The average molecular weight is 461 g/mol. The van der Waals surface area contributed by atoms with Crippen LogP contribution in [-0.2, 0) is 21.5 Å². The normalized spacial score (nSPS) is 23.9. The molecule has 0 radical (unpaired) electrons. The first-order valence-electron chi connectivity index (χ1n) is 10.8. The van der Waals surface area contributed by atoms with Crippen LogP contribution >= 0.6 is 11.3 Å². The number of hydrogen-bond acceptors (Lipinski definition) is 6. The number of rotatable bonds is 4. The zero-order chi connectivity index (χ0) is 22.6. The number of carbonyl (C=O) groups excluding carboxylic acids is 3. The number of hydrazone groups is 1. The predicted molar refractivity (Wildman–Crippen MR) is 120 cm³/mol. The molecular weight excluding hydrogens is 440 g/mol. The number of imide groups is 1. The minimum Gasteiger partial charge on any atom is -0.467 e. The van der Waals surface area contributed by atoms with Crippen molar-refractivity contribution in [2.24, 2.45) is 5.10 Å². The first-order valence-corrected chi connectivity index (χ1v) is 11.6. The predicted octanol–water partition coefficient (Wildman–Crippen LogP) is 3.41. The van der Waals surface area contributed by atoms with Gasteiger partial charge < -0.3 is 9.73 Å². The van der Waals surface area contributed by atoms with Gasteiger partial charge in [0.2, 0.25) is 0 Å². The maximum Gasteiger partial charge on any atom is 0.325 e. The number of hydrogen-bond donors (Lipinski definition) is 1. The number of furan rings is 1. The van der Waals surface area contributed by atoms with E-state index in [1.54, 1.807) is 29.7 Å². The third kappa shape index (κ3) is 3.03. The maximum atomic E-state index is 13.4. The quantitative estimate of drug-likeness (QED) is 0.604. The van der Waals surface area contributed by atoms with Crippen LogP contribution in [0, 0.1) is 0 Å². The van der Waals surface area contributed by atoms with Crippen LogP contribution in [0.1, 0.15) is 40.6 Å². The van der Waals surface area contributed by atoms with Gasteiger partial charge in [-0.2, -0.15) is 5.10 Å². The molecule has 1 aliphatic carbocycles. The fourth-order valence-corrected chi connectivity index (χ4v) is 5.70. The molecule has 166 valence electrons. The van der Waals surface area contributed by atoms with Gasteiger partial charge in [-0.05, 0) is 47.5 Å². The number of urea groups is 1. The summed E-state index contributed by atoms with van der Waals surface area (Å²) in [7, 11) is 0. The molecule has 4 heterocycles. The Bertz CT molecular complexity index is 1280. The number of nitrogens with one attached hydrogen (secondary N) is 1. The monoisotopic (exact) mass is 460 g/mol. The average Bonchev–Trinajstić information content (AvgIpc) is 3.62. The summed E-state index contributed by atoms with van der Waals surface area (Å²) in [6.45, 7) is -0.382. The summed E-state index contributed by atoms with van der Waals surface area (Å²) in [6, 6.07) is 14.1. The lowest BCUT2D eigenvalue weighted by Crippen LogP contribution is -2.44. The molecular formula is C24H20N4O4S. The molecule has 1 aromatic carbocycles. The van der Waals surface area contributed by atoms with Crippen molar-refractivity contribution < 1.29 is 18.8 Å². The van der Waals surface area contributed by atoms with Crippen LogP contribution in [0.3, 0.4) is 0 Å². The van der Waals surface area contributed by atoms with Gasteiger partial charge in [0, 0.05) is 6.42 Å². The maximum absolute atomic E-state index is 13.4. The van der Waals surface area contributed by atoms with Crippen LogP contribution in [-0.4, -0.2) is 40.0 Å². The standard InChI is InChI=1S/C24H20N4O4S/c29-21(28-18(19-7-3-11-32-19)13-17(26-28)20-8-4-12-33-20)14-27-22(30)24(25-23(27)31)10-9-15-5-1-2-6-16(15)24/h1-8,11-12,18H,9-10,13-14H2,(H,25,31). The third-order valence-corrected chi connectivity index (χ3v) is 7.48. The van der Waals surface area contributed by atoms with E-state index in [4.69, 9.17) is 4.42 Å². The summed E-state index contributed by atoms with van der Waals surface area (Å²) in [5.74, 6) is -0.214. The molecule has 1 saturated heterocycles. The number of benzene rings is 1. The molecule has 2 aliphatic heterocycles. The van der Waals surface area contributed by atoms with Gasteiger partial charge in [-0.15, -0.1) is 11.3 Å². The Morgan fingerprint density at radius 2 is 2.06 bits per heavy atom. The van der Waals surface area contributed by atoms with Gasteiger partial charge in [-0.1, -0.05) is 30.3 Å². The van der Waals surface area contributed by atoms with Crippen molar-refractivity contribution in [1.82, 2.24) is 15.2 Å². The lowest BCUT2D eigenvalue weighted by Gasteiger charge is -2.24. The molecule has 2 unspecified atom stereocenters. The minimum atomic E-state index is -1.09. The molecule has 8 nitrogen and oxygen atoms in total. The van der Waals surface area contributed by atoms with Crippen molar-refractivity contribution >= 4 is 34.9 Å². The molecule has 3 aliphatic rings. The highest BCUT2D eigenvalue weighted by Gasteiger charge is 2.56. The summed E-state index contributed by atoms with van der Waals surface area (Å²) in [6.07, 6.45) is 3.24. The molecule has 0 saturated carbocycles. The van der Waals surface area contributed by atoms with Crippen LogP contribution in [0.5, 0.6) is 0 Å². The largest absolute Gasteiger partial charge is 0.467 e. The Kier molecular flexibility index (Phi) is 4.48. The first kappa shape index (κ1) is 19.9. The van der Waals surface area contributed by atoms with Gasteiger partial charge in [0.15, 0.2) is 0 Å². The molecule has 4 amide bonds. The zero-order valence-electron chi connectivity index (χ0n) is 17.6. The number of fused-ring (bicyclic) bond motifs is 2. The van der Waals surface area contributed by atoms with E-state index < -0.39 is 23.5 Å². The number of nitrogens with zero attached hydrogens (tertiary/aromatic N) is 3. The van der Waals surface area contributed by atoms with Crippen LogP contribution in [0.2, 0.25) is 0 Å². The van der Waals surface area contributed by atoms with Crippen molar-refractivity contribution in [3.05, 3.63) is 81.9 Å². The second-order valence-corrected chi connectivity index (χ2v) is 9.33. The summed E-state index contributed by atoms with van der Waals surface area (Å²) < 4.78 is 5.57. The SMILES string of the molecule is O=C1NC2(CCc3ccccc32)C(=O)N1CC(=O)N1N=C(c2cccs2)CC1c1ccco1. The van der Waals surface area contributed by atoms with E-state index in [0.29, 0.717) is 25.0 Å². The Morgan fingerprint density at radius 1 is 1.18 bits per heavy atom. The summed E-state index contributed by atoms with van der Waals surface area (Å²) in [5, 5.41) is 10.7. The molecule has 2 aromatic heterocycles. The molecule has 1 fully saturated rings. The van der Waals surface area contributed by atoms with Gasteiger partial charge in [0.1, 0.15) is 23.9 Å². The van der Waals surface area contributed by atoms with E-state index in [1.807, 2.05) is 41.8 Å². The smallest absolute Gasteiger partial charge is 0.325 e. The molecule has 9 heteroatoms. The number of carbonyl (C=O) groups is 3. The topological polar surface area (TPSA) is 95.2 Å². The Labute approximate surface area is 193 Å². The second-order valence-electron chi connectivity index (χ2n) is 8.38. The van der Waals surface area contributed by atoms with Gasteiger partial charge >= 0.3 is 6.03 Å². The zero-order valence-corrected chi connectivity index (χ0v) is 18.4. The van der Waals surface area contributed by atoms with Crippen molar-refractivity contribution in [1.29, 1.82) is 0 Å². The van der Waals surface area contributed by atoms with E-state index >= 15 is 0 Å². The van der Waals surface area contributed by atoms with Crippen molar-refractivity contribution in [3.8, 4) is 0 Å². The lowest BCUT2D eigenvalue weighted by atomic mass is 9.92. The third-order valence-electron chi connectivity index (χ3n) is 6.56. The van der Waals surface area contributed by atoms with Crippen LogP contribution < -0.4 is 5.32 Å². The fraction of sp³-hybridized carbons (Fsp3) is 0.250. The van der Waals surface area contributed by atoms with E-state index in [2.05, 4.69) is 10.4 Å². The highest BCUT2D eigenvalue weighted by atomic mass is 32.1. The molecule has 1 N–H and O–H groups in total. The molecule has 33 heavy (non-hydrogen) atoms. The van der Waals surface area contributed by atoms with E-state index in [1.165, 1.54) is 5.01 Å². The molecule has 6 rings (SSSR count). The number of amides is 4. The molecule has 1 spiro atoms. The summed E-state index contributed by atoms with van der Waals surface area (Å²) >= 11 is 1.55. The first-order chi connectivity index (χ1) is 16.1. The summed E-state index contributed by atoms with van der Waals surface area (Å²) in [5.41, 5.74) is 1.54. The van der Waals surface area contributed by atoms with Crippen LogP contribution in [0.4, 0.5) is 4.79 Å². The van der Waals surface area contributed by atoms with Gasteiger partial charge in [0.25, 0.3) is 11.8 Å². The van der Waals surface area contributed by atoms with Crippen LogP contribution in [0.15, 0.2) is 69.7 Å². The van der Waals surface area contributed by atoms with Gasteiger partial charge in [-0.25, -0.2) is 9.80 Å². The van der Waals surface area contributed by atoms with Crippen molar-refractivity contribution in [2.45, 2.75) is 30.8 Å². The van der Waals surface area contributed by atoms with Crippen molar-refractivity contribution in [2.75, 3.05) is 6.54 Å². The summed E-state index contributed by atoms with van der Waals surface area (Å²) in [4.78, 5) is 41.6. The van der Waals surface area contributed by atoms with E-state index in [-0.39, 0.29) is 12.5 Å². The lowest BCUT2D eigenvalue weighted by molar-refractivity contribution is -0.140. The van der Waals surface area contributed by atoms with Gasteiger partial charge in [-0.3, -0.25) is 14.5 Å². The molecule has 0 bridgehead atoms. The second kappa shape index (κ2) is 7.41. The number of aryl methyl sites for hydroxylation is 1. The van der Waals surface area contributed by atoms with Gasteiger partial charge in [0.05, 0.1) is 16.9 Å². The molecule has 2 atom stereocenters. The van der Waals surface area contributed by atoms with E-state index in [0.717, 1.165) is 26.6 Å². The Balaban J connectivity index is 1.28. The Hall–Kier alpha value is -3.72. The van der Waals surface area contributed by atoms with E-state index in [9.17, 15) is 14.4 Å². The van der Waals surface area contributed by atoms with Crippen LogP contribution in [0.25, 0.3) is 0 Å². The fourth-order valence-electron chi connectivity index (χ4n) is 4.98. The molecule has 3 aromatic rings. The highest BCUT2D eigenvalue weighted by molar-refractivity contribution is 7.12. The highest BCUT2D eigenvalue weighted by Crippen LogP contribution is 2.41. The minimum absolute atomic E-state index is 0.382. The Morgan fingerprint density at radius 3 is 2.85 bits per heavy atom.